The van der Waals surface area contributed by atoms with Crippen molar-refractivity contribution in [3.8, 4) is 11.4 Å². The fraction of sp³-hybridized carbons (Fsp3) is 0.0196. The second-order valence-corrected chi connectivity index (χ2v) is 18.7. The molecule has 0 atom stereocenters. The Hall–Kier alpha value is -7.88. The highest BCUT2D eigenvalue weighted by atomic mass is 28.3. The first-order valence-corrected chi connectivity index (χ1v) is 22.6. The molecule has 0 spiro atoms. The van der Waals surface area contributed by atoms with Crippen LogP contribution in [0.2, 0.25) is 6.55 Å². The molecule has 0 saturated heterocycles. The minimum absolute atomic E-state index is 0.875. The van der Waals surface area contributed by atoms with Crippen molar-refractivity contribution in [2.45, 2.75) is 6.55 Å². The van der Waals surface area contributed by atoms with E-state index in [0.717, 1.165) is 111 Å². The lowest BCUT2D eigenvalue weighted by molar-refractivity contribution is 0.668. The quantitative estimate of drug-likeness (QED) is 0.167. The highest BCUT2D eigenvalue weighted by Crippen LogP contribution is 2.36. The third-order valence-corrected chi connectivity index (χ3v) is 15.4. The smallest absolute Gasteiger partial charge is 0.220 e. The lowest BCUT2D eigenvalue weighted by Gasteiger charge is -2.11. The van der Waals surface area contributed by atoms with Gasteiger partial charge in [0, 0.05) is 21.5 Å². The molecule has 0 N–H and O–H groups in total. The van der Waals surface area contributed by atoms with E-state index in [9.17, 15) is 0 Å². The summed E-state index contributed by atoms with van der Waals surface area (Å²) in [6, 6.07) is 60.3. The molecule has 14 aromatic rings. The van der Waals surface area contributed by atoms with Gasteiger partial charge in [0.2, 0.25) is 11.6 Å². The summed E-state index contributed by atoms with van der Waals surface area (Å²) in [6.45, 7) is 2.42. The summed E-state index contributed by atoms with van der Waals surface area (Å²) in [6.07, 6.45) is 0. The van der Waals surface area contributed by atoms with E-state index in [-0.39, 0.29) is 0 Å². The van der Waals surface area contributed by atoms with Crippen LogP contribution in [0.5, 0.6) is 0 Å². The van der Waals surface area contributed by atoms with Gasteiger partial charge in [-0.05, 0) is 97.1 Å². The molecule has 6 aromatic heterocycles. The van der Waals surface area contributed by atoms with E-state index >= 15 is 0 Å². The van der Waals surface area contributed by atoms with Crippen LogP contribution in [-0.4, -0.2) is 36.7 Å². The van der Waals surface area contributed by atoms with Gasteiger partial charge < -0.3 is 8.83 Å². The summed E-state index contributed by atoms with van der Waals surface area (Å²) >= 11 is 0. The first-order chi connectivity index (χ1) is 29.6. The van der Waals surface area contributed by atoms with Gasteiger partial charge in [0.15, 0.2) is 0 Å². The Kier molecular flexibility index (Phi) is 6.22. The summed E-state index contributed by atoms with van der Waals surface area (Å²) in [5.74, 6) is 1.79. The molecule has 9 heteroatoms. The molecule has 14 rings (SSSR count). The molecule has 60 heavy (non-hydrogen) atoms. The Balaban J connectivity index is 0.889. The van der Waals surface area contributed by atoms with E-state index in [1.807, 2.05) is 12.1 Å². The monoisotopic (exact) mass is 788 g/mol. The van der Waals surface area contributed by atoms with Crippen LogP contribution in [-0.2, 0) is 0 Å². The van der Waals surface area contributed by atoms with Crippen molar-refractivity contribution < 1.29 is 8.83 Å². The molecule has 0 fully saturated rings. The zero-order chi connectivity index (χ0) is 39.2. The van der Waals surface area contributed by atoms with Crippen molar-refractivity contribution >= 4 is 119 Å². The van der Waals surface area contributed by atoms with Gasteiger partial charge in [0.05, 0.1) is 64.3 Å². The average Bonchev–Trinajstić information content (AvgIpc) is 4.13. The molecule has 0 radical (unpaired) electrons. The predicted octanol–water partition coefficient (Wildman–Crippen LogP) is 10.9. The Morgan fingerprint density at radius 1 is 0.383 bits per heavy atom. The van der Waals surface area contributed by atoms with Crippen molar-refractivity contribution in [2.24, 2.45) is 0 Å². The molecule has 0 saturated carbocycles. The summed E-state index contributed by atoms with van der Waals surface area (Å²) in [7, 11) is -1.66. The second kappa shape index (κ2) is 11.6. The standard InChI is InChI=1S/C51H32N6O2Si/c1-60(32-20-24-48-36(28-32)34-26-30(18-22-46(34)58-48)54-42-14-6-8-16-44(42)56-40-12-4-2-10-38(40)52-50(54)56)33-21-25-49-37(29-33)35-27-31(19-23-47(35)59-49)55-43-15-7-9-17-45(43)57-41-13-5-3-11-39(41)53-51(55)57/h2-29,60H,1H3. The van der Waals surface area contributed by atoms with Gasteiger partial charge in [-0.15, -0.1) is 0 Å². The number of fused-ring (bicyclic) bond motifs is 16. The number of benzene rings is 8. The lowest BCUT2D eigenvalue weighted by atomic mass is 10.1. The number of hydrogen-bond acceptors (Lipinski definition) is 4. The normalized spacial score (nSPS) is 12.6. The Morgan fingerprint density at radius 2 is 0.750 bits per heavy atom. The number of aromatic nitrogens is 6. The zero-order valence-corrected chi connectivity index (χ0v) is 33.4. The van der Waals surface area contributed by atoms with Gasteiger partial charge in [0.1, 0.15) is 22.3 Å². The molecule has 0 unspecified atom stereocenters. The van der Waals surface area contributed by atoms with Crippen LogP contribution >= 0.6 is 0 Å². The van der Waals surface area contributed by atoms with Crippen molar-refractivity contribution in [1.29, 1.82) is 0 Å². The maximum atomic E-state index is 6.46. The van der Waals surface area contributed by atoms with Crippen molar-refractivity contribution in [3.05, 3.63) is 170 Å². The summed E-state index contributed by atoms with van der Waals surface area (Å²) in [5.41, 5.74) is 14.3. The number of hydrogen-bond donors (Lipinski definition) is 0. The minimum Gasteiger partial charge on any atom is -0.456 e. The van der Waals surface area contributed by atoms with E-state index in [0.29, 0.717) is 0 Å². The van der Waals surface area contributed by atoms with E-state index < -0.39 is 8.80 Å². The molecule has 8 aromatic carbocycles. The lowest BCUT2D eigenvalue weighted by Crippen LogP contribution is -2.38. The molecule has 0 bridgehead atoms. The third kappa shape index (κ3) is 4.28. The van der Waals surface area contributed by atoms with Gasteiger partial charge in [-0.3, -0.25) is 17.9 Å². The Morgan fingerprint density at radius 3 is 1.20 bits per heavy atom. The summed E-state index contributed by atoms with van der Waals surface area (Å²) < 4.78 is 22.0. The van der Waals surface area contributed by atoms with Crippen LogP contribution in [0.1, 0.15) is 0 Å². The van der Waals surface area contributed by atoms with Gasteiger partial charge in [0.25, 0.3) is 0 Å². The van der Waals surface area contributed by atoms with E-state index in [2.05, 4.69) is 182 Å². The zero-order valence-electron chi connectivity index (χ0n) is 32.2. The Bertz CT molecular complexity index is 3850. The first kappa shape index (κ1) is 32.1. The number of imidazole rings is 4. The predicted molar refractivity (Wildman–Crippen MR) is 246 cm³/mol. The van der Waals surface area contributed by atoms with Crippen molar-refractivity contribution in [3.63, 3.8) is 0 Å². The summed E-state index contributed by atoms with van der Waals surface area (Å²) in [4.78, 5) is 10.2. The molecule has 6 heterocycles. The molecular weight excluding hydrogens is 757 g/mol. The first-order valence-electron chi connectivity index (χ1n) is 20.3. The SMILES string of the molecule is C[SiH](c1ccc2oc3ccc(-n4c5ccccc5n5c6ccccc6nc45)cc3c2c1)c1ccc2oc3ccc(-n4c5ccccc5n5c6ccccc6nc45)cc3c2c1. The fourth-order valence-electron chi connectivity index (χ4n) is 9.79. The van der Waals surface area contributed by atoms with Crippen LogP contribution < -0.4 is 10.4 Å². The van der Waals surface area contributed by atoms with Crippen LogP contribution in [0.25, 0.3) is 111 Å². The van der Waals surface area contributed by atoms with Gasteiger partial charge in [-0.2, -0.15) is 0 Å². The molecule has 0 amide bonds. The van der Waals surface area contributed by atoms with Crippen molar-refractivity contribution in [2.75, 3.05) is 0 Å². The van der Waals surface area contributed by atoms with Crippen molar-refractivity contribution in [1.82, 2.24) is 27.9 Å². The van der Waals surface area contributed by atoms with Crippen LogP contribution in [0.4, 0.5) is 0 Å². The third-order valence-electron chi connectivity index (χ3n) is 12.7. The van der Waals surface area contributed by atoms with Crippen LogP contribution in [0.15, 0.2) is 179 Å². The molecule has 0 aliphatic rings. The average molecular weight is 789 g/mol. The maximum absolute atomic E-state index is 6.46. The van der Waals surface area contributed by atoms with Gasteiger partial charge in [-0.25, -0.2) is 9.97 Å². The molecule has 282 valence electrons. The number of para-hydroxylation sites is 8. The van der Waals surface area contributed by atoms with E-state index in [1.54, 1.807) is 0 Å². The molecule has 8 nitrogen and oxygen atoms in total. The Labute approximate surface area is 342 Å². The number of furan rings is 2. The van der Waals surface area contributed by atoms with Gasteiger partial charge >= 0.3 is 0 Å². The van der Waals surface area contributed by atoms with Gasteiger partial charge in [-0.1, -0.05) is 89.7 Å². The topological polar surface area (TPSA) is 70.7 Å². The number of nitrogens with zero attached hydrogens (tertiary/aromatic N) is 6. The van der Waals surface area contributed by atoms with Crippen LogP contribution in [0.3, 0.4) is 0 Å². The highest BCUT2D eigenvalue weighted by Gasteiger charge is 2.21. The molecular formula is C51H32N6O2Si. The second-order valence-electron chi connectivity index (χ2n) is 15.9. The molecule has 0 aliphatic carbocycles. The highest BCUT2D eigenvalue weighted by molar-refractivity contribution is 6.84. The fourth-order valence-corrected chi connectivity index (χ4v) is 11.8. The summed E-state index contributed by atoms with van der Waals surface area (Å²) in [5, 5.41) is 7.15. The molecule has 0 aliphatic heterocycles. The van der Waals surface area contributed by atoms with Crippen LogP contribution in [0, 0.1) is 0 Å². The minimum atomic E-state index is -1.66. The number of rotatable bonds is 4. The van der Waals surface area contributed by atoms with E-state index in [1.165, 1.54) is 10.4 Å². The van der Waals surface area contributed by atoms with E-state index in [4.69, 9.17) is 18.8 Å². The largest absolute Gasteiger partial charge is 0.456 e. The maximum Gasteiger partial charge on any atom is 0.220 e.